The van der Waals surface area contributed by atoms with Gasteiger partial charge in [0.25, 0.3) is 0 Å². The van der Waals surface area contributed by atoms with Crippen molar-refractivity contribution in [3.63, 3.8) is 0 Å². The number of hydrogen-bond acceptors (Lipinski definition) is 4. The van der Waals surface area contributed by atoms with E-state index in [1.54, 1.807) is 14.2 Å². The first-order chi connectivity index (χ1) is 14.1. The molecule has 3 aliphatic rings. The van der Waals surface area contributed by atoms with Gasteiger partial charge in [0, 0.05) is 35.3 Å². The van der Waals surface area contributed by atoms with Crippen LogP contribution < -0.4 is 14.4 Å². The van der Waals surface area contributed by atoms with Gasteiger partial charge < -0.3 is 14.4 Å². The van der Waals surface area contributed by atoms with Crippen molar-refractivity contribution in [3.05, 3.63) is 53.1 Å². The van der Waals surface area contributed by atoms with E-state index >= 15 is 0 Å². The normalized spacial score (nSPS) is 28.5. The molecule has 3 atom stereocenters. The predicted molar refractivity (Wildman–Crippen MR) is 113 cm³/mol. The zero-order valence-corrected chi connectivity index (χ0v) is 17.5. The highest BCUT2D eigenvalue weighted by molar-refractivity contribution is 6.31. The summed E-state index contributed by atoms with van der Waals surface area (Å²) in [6.45, 7) is 1.68. The van der Waals surface area contributed by atoms with Crippen LogP contribution in [-0.2, 0) is 4.79 Å². The van der Waals surface area contributed by atoms with Crippen LogP contribution in [0.4, 0.5) is 5.69 Å². The Morgan fingerprint density at radius 3 is 2.55 bits per heavy atom. The molecule has 3 aliphatic heterocycles. The molecular weight excluding hydrogens is 388 g/mol. The van der Waals surface area contributed by atoms with Gasteiger partial charge in [0.1, 0.15) is 5.54 Å². The van der Waals surface area contributed by atoms with Crippen LogP contribution in [0.1, 0.15) is 30.9 Å². The molecule has 3 fully saturated rings. The topological polar surface area (TPSA) is 42.0 Å². The first kappa shape index (κ1) is 18.8. The predicted octanol–water partition coefficient (Wildman–Crippen LogP) is 4.30. The number of halogens is 1. The van der Waals surface area contributed by atoms with Gasteiger partial charge in [-0.3, -0.25) is 9.69 Å². The van der Waals surface area contributed by atoms with Crippen molar-refractivity contribution >= 4 is 23.2 Å². The van der Waals surface area contributed by atoms with Gasteiger partial charge in [0.05, 0.1) is 14.2 Å². The van der Waals surface area contributed by atoms with Crippen LogP contribution in [0, 0.1) is 5.92 Å². The van der Waals surface area contributed by atoms with E-state index in [4.69, 9.17) is 21.1 Å². The molecule has 0 N–H and O–H groups in total. The molecule has 5 rings (SSSR count). The molecular formula is C23H25ClN2O3. The molecule has 5 nitrogen and oxygen atoms in total. The molecule has 0 unspecified atom stereocenters. The minimum Gasteiger partial charge on any atom is -0.493 e. The molecule has 29 heavy (non-hydrogen) atoms. The number of nitrogens with zero attached hydrogens (tertiary/aromatic N) is 2. The van der Waals surface area contributed by atoms with E-state index in [2.05, 4.69) is 4.90 Å². The van der Waals surface area contributed by atoms with Crippen LogP contribution in [-0.4, -0.2) is 43.7 Å². The van der Waals surface area contributed by atoms with Gasteiger partial charge in [-0.1, -0.05) is 29.8 Å². The molecule has 1 amide bonds. The van der Waals surface area contributed by atoms with Crippen LogP contribution in [0.15, 0.2) is 42.5 Å². The number of para-hydroxylation sites is 1. The van der Waals surface area contributed by atoms with E-state index < -0.39 is 5.54 Å². The van der Waals surface area contributed by atoms with Crippen molar-refractivity contribution < 1.29 is 14.3 Å². The molecule has 0 aromatic heterocycles. The molecule has 2 aromatic carbocycles. The number of benzene rings is 2. The van der Waals surface area contributed by atoms with Crippen molar-refractivity contribution in [3.8, 4) is 11.5 Å². The first-order valence-electron chi connectivity index (χ1n) is 10.2. The Bertz CT molecular complexity index is 951. The lowest BCUT2D eigenvalue weighted by atomic mass is 9.85. The quantitative estimate of drug-likeness (QED) is 0.750. The highest BCUT2D eigenvalue weighted by Crippen LogP contribution is 2.57. The summed E-state index contributed by atoms with van der Waals surface area (Å²) in [5.74, 6) is 1.84. The molecule has 3 heterocycles. The lowest BCUT2D eigenvalue weighted by Crippen LogP contribution is -2.49. The summed E-state index contributed by atoms with van der Waals surface area (Å²) in [5, 5.41) is 0.669. The van der Waals surface area contributed by atoms with Gasteiger partial charge in [-0.25, -0.2) is 0 Å². The maximum atomic E-state index is 13.7. The largest absolute Gasteiger partial charge is 0.493 e. The standard InChI is InChI=1S/C23H25ClN2O3/c1-28-20-12-17(18(24)13-21(20)29-2)19-11-15-14-25(16-7-4-3-5-8-16)22(27)23(15)9-6-10-26(19)23/h3-5,7-8,12-13,15,19H,6,9-11,14H2,1-2H3/t15-,19-,23-/m0/s1. The summed E-state index contributed by atoms with van der Waals surface area (Å²) in [7, 11) is 3.25. The van der Waals surface area contributed by atoms with E-state index in [0.29, 0.717) is 22.4 Å². The second-order valence-electron chi connectivity index (χ2n) is 8.15. The maximum Gasteiger partial charge on any atom is 0.247 e. The molecule has 2 aromatic rings. The zero-order valence-electron chi connectivity index (χ0n) is 16.7. The van der Waals surface area contributed by atoms with E-state index in [1.165, 1.54) is 0 Å². The molecule has 6 heteroatoms. The maximum absolute atomic E-state index is 13.7. The average Bonchev–Trinajstić information content (AvgIpc) is 3.38. The fraction of sp³-hybridized carbons (Fsp3) is 0.435. The highest BCUT2D eigenvalue weighted by Gasteiger charge is 2.65. The van der Waals surface area contributed by atoms with E-state index in [9.17, 15) is 4.79 Å². The second-order valence-corrected chi connectivity index (χ2v) is 8.56. The van der Waals surface area contributed by atoms with Gasteiger partial charge in [-0.05, 0) is 49.6 Å². The lowest BCUT2D eigenvalue weighted by Gasteiger charge is -2.34. The summed E-state index contributed by atoms with van der Waals surface area (Å²) >= 11 is 6.67. The zero-order chi connectivity index (χ0) is 20.2. The number of amides is 1. The van der Waals surface area contributed by atoms with Crippen LogP contribution in [0.25, 0.3) is 0 Å². The third-order valence-corrected chi connectivity index (χ3v) is 7.30. The van der Waals surface area contributed by atoms with Gasteiger partial charge in [-0.2, -0.15) is 0 Å². The minimum atomic E-state index is -0.406. The van der Waals surface area contributed by atoms with Gasteiger partial charge in [-0.15, -0.1) is 0 Å². The van der Waals surface area contributed by atoms with Gasteiger partial charge >= 0.3 is 0 Å². The number of ether oxygens (including phenoxy) is 2. The smallest absolute Gasteiger partial charge is 0.247 e. The molecule has 152 valence electrons. The first-order valence-corrected chi connectivity index (χ1v) is 10.5. The van der Waals surface area contributed by atoms with Gasteiger partial charge in [0.15, 0.2) is 11.5 Å². The van der Waals surface area contributed by atoms with Crippen molar-refractivity contribution in [2.45, 2.75) is 30.8 Å². The van der Waals surface area contributed by atoms with E-state index in [0.717, 1.165) is 43.6 Å². The third kappa shape index (κ3) is 2.60. The number of carbonyl (C=O) groups is 1. The fourth-order valence-electron chi connectivity index (χ4n) is 5.74. The third-order valence-electron chi connectivity index (χ3n) is 6.98. The molecule has 1 spiro atoms. The van der Waals surface area contributed by atoms with Gasteiger partial charge in [0.2, 0.25) is 5.91 Å². The Labute approximate surface area is 176 Å². The minimum absolute atomic E-state index is 0.122. The SMILES string of the molecule is COc1cc(Cl)c([C@@H]2C[C@H]3CN(c4ccccc4)C(=O)[C@]34CCCN24)cc1OC. The van der Waals surface area contributed by atoms with E-state index in [1.807, 2.05) is 47.4 Å². The summed E-state index contributed by atoms with van der Waals surface area (Å²) in [4.78, 5) is 18.1. The molecule has 0 bridgehead atoms. The summed E-state index contributed by atoms with van der Waals surface area (Å²) in [6.07, 6.45) is 2.87. The highest BCUT2D eigenvalue weighted by atomic mass is 35.5. The number of anilines is 1. The summed E-state index contributed by atoms with van der Waals surface area (Å²) in [6, 6.07) is 14.0. The van der Waals surface area contributed by atoms with Crippen LogP contribution in [0.3, 0.4) is 0 Å². The summed E-state index contributed by atoms with van der Waals surface area (Å²) in [5.41, 5.74) is 1.62. The van der Waals surface area contributed by atoms with Crippen LogP contribution >= 0.6 is 11.6 Å². The van der Waals surface area contributed by atoms with Crippen molar-refractivity contribution in [2.24, 2.45) is 5.92 Å². The molecule has 0 radical (unpaired) electrons. The second kappa shape index (κ2) is 6.92. The van der Waals surface area contributed by atoms with Crippen molar-refractivity contribution in [2.75, 3.05) is 32.2 Å². The fourth-order valence-corrected chi connectivity index (χ4v) is 6.02. The number of methoxy groups -OCH3 is 2. The van der Waals surface area contributed by atoms with Crippen LogP contribution in [0.5, 0.6) is 11.5 Å². The Morgan fingerprint density at radius 1 is 1.10 bits per heavy atom. The molecule has 0 aliphatic carbocycles. The van der Waals surface area contributed by atoms with Crippen molar-refractivity contribution in [1.29, 1.82) is 0 Å². The number of carbonyl (C=O) groups excluding carboxylic acids is 1. The lowest BCUT2D eigenvalue weighted by molar-refractivity contribution is -0.126. The Kier molecular flexibility index (Phi) is 4.48. The molecule has 3 saturated heterocycles. The summed E-state index contributed by atoms with van der Waals surface area (Å²) < 4.78 is 10.9. The van der Waals surface area contributed by atoms with E-state index in [-0.39, 0.29) is 11.9 Å². The van der Waals surface area contributed by atoms with Crippen LogP contribution in [0.2, 0.25) is 5.02 Å². The Hall–Kier alpha value is -2.24. The van der Waals surface area contributed by atoms with Crippen molar-refractivity contribution in [1.82, 2.24) is 4.90 Å². The number of rotatable bonds is 4. The Balaban J connectivity index is 1.52. The molecule has 0 saturated carbocycles. The number of hydrogen-bond donors (Lipinski definition) is 0. The Morgan fingerprint density at radius 2 is 1.83 bits per heavy atom. The monoisotopic (exact) mass is 412 g/mol. The average molecular weight is 413 g/mol.